The van der Waals surface area contributed by atoms with Crippen molar-refractivity contribution in [1.29, 1.82) is 0 Å². The van der Waals surface area contributed by atoms with Crippen molar-refractivity contribution in [2.75, 3.05) is 43.3 Å². The molecule has 3 aromatic rings. The Hall–Kier alpha value is -3.22. The van der Waals surface area contributed by atoms with Crippen LogP contribution in [0.4, 0.5) is 23.3 Å². The van der Waals surface area contributed by atoms with Crippen LogP contribution in [0.5, 0.6) is 0 Å². The molecule has 7 heteroatoms. The largest absolute Gasteiger partial charge is 0.377 e. The first-order valence-corrected chi connectivity index (χ1v) is 9.34. The Bertz CT molecular complexity index is 1050. The molecule has 1 unspecified atom stereocenters. The fourth-order valence-corrected chi connectivity index (χ4v) is 3.51. The van der Waals surface area contributed by atoms with Crippen LogP contribution in [0.2, 0.25) is 0 Å². The molecule has 2 aromatic heterocycles. The van der Waals surface area contributed by atoms with E-state index in [-0.39, 0.29) is 5.92 Å². The summed E-state index contributed by atoms with van der Waals surface area (Å²) in [6.07, 6.45) is 5.17. The summed E-state index contributed by atoms with van der Waals surface area (Å²) >= 11 is 0. The van der Waals surface area contributed by atoms with Crippen molar-refractivity contribution < 1.29 is 4.79 Å². The van der Waals surface area contributed by atoms with Gasteiger partial charge >= 0.3 is 0 Å². The molecule has 0 saturated heterocycles. The second-order valence-corrected chi connectivity index (χ2v) is 7.50. The van der Waals surface area contributed by atoms with E-state index in [1.54, 1.807) is 6.20 Å². The van der Waals surface area contributed by atoms with Gasteiger partial charge in [-0.05, 0) is 35.6 Å². The predicted octanol–water partition coefficient (Wildman–Crippen LogP) is 3.35. The van der Waals surface area contributed by atoms with Crippen LogP contribution in [0.15, 0.2) is 36.7 Å². The number of carbonyl (C=O) groups is 1. The van der Waals surface area contributed by atoms with Gasteiger partial charge in [0.2, 0.25) is 5.95 Å². The van der Waals surface area contributed by atoms with Gasteiger partial charge in [0.05, 0.1) is 0 Å². The maximum atomic E-state index is 12.1. The number of pyridine rings is 1. The molecule has 1 atom stereocenters. The molecule has 2 heterocycles. The lowest BCUT2D eigenvalue weighted by Gasteiger charge is -2.27. The van der Waals surface area contributed by atoms with Crippen molar-refractivity contribution in [1.82, 2.24) is 15.0 Å². The summed E-state index contributed by atoms with van der Waals surface area (Å²) in [6.45, 7) is 0. The molecular formula is C21H24N6O. The lowest BCUT2D eigenvalue weighted by molar-refractivity contribution is -0.125. The fraction of sp³-hybridized carbons (Fsp3) is 0.333. The minimum atomic E-state index is -0.00615. The van der Waals surface area contributed by atoms with Gasteiger partial charge in [0.25, 0.3) is 0 Å². The van der Waals surface area contributed by atoms with Gasteiger partial charge in [0.15, 0.2) is 0 Å². The molecule has 144 valence electrons. The molecular weight excluding hydrogens is 352 g/mol. The SMILES string of the molecule is CN(C)c1nccc(Nc2cc3c(C4CCC4=O)ccc(N(C)C)c3cn2)n1. The van der Waals surface area contributed by atoms with Crippen molar-refractivity contribution >= 4 is 39.8 Å². The molecule has 1 aliphatic carbocycles. The van der Waals surface area contributed by atoms with Crippen LogP contribution in [0.25, 0.3) is 10.8 Å². The van der Waals surface area contributed by atoms with Crippen LogP contribution < -0.4 is 15.1 Å². The van der Waals surface area contributed by atoms with E-state index in [0.29, 0.717) is 29.8 Å². The van der Waals surface area contributed by atoms with Crippen molar-refractivity contribution in [2.24, 2.45) is 0 Å². The number of rotatable bonds is 5. The molecule has 0 bridgehead atoms. The standard InChI is InChI=1S/C21H24N6O/c1-26(2)17-7-5-13(14-6-8-18(14)28)15-11-20(23-12-16(15)17)24-19-9-10-22-21(25-19)27(3)4/h5,7,9-12,14H,6,8H2,1-4H3,(H,22,23,24,25). The van der Waals surface area contributed by atoms with Crippen LogP contribution in [-0.2, 0) is 4.79 Å². The average Bonchev–Trinajstić information content (AvgIpc) is 2.67. The molecule has 1 N–H and O–H groups in total. The lowest BCUT2D eigenvalue weighted by atomic mass is 9.77. The second-order valence-electron chi connectivity index (χ2n) is 7.50. The number of nitrogens with one attached hydrogen (secondary N) is 1. The summed E-state index contributed by atoms with van der Waals surface area (Å²) in [5.74, 6) is 2.31. The monoisotopic (exact) mass is 376 g/mol. The highest BCUT2D eigenvalue weighted by molar-refractivity contribution is 6.02. The maximum Gasteiger partial charge on any atom is 0.226 e. The predicted molar refractivity (Wildman–Crippen MR) is 113 cm³/mol. The summed E-state index contributed by atoms with van der Waals surface area (Å²) < 4.78 is 0. The van der Waals surface area contributed by atoms with E-state index in [4.69, 9.17) is 0 Å². The van der Waals surface area contributed by atoms with Crippen molar-refractivity contribution in [2.45, 2.75) is 18.8 Å². The van der Waals surface area contributed by atoms with Gasteiger partial charge in [0.1, 0.15) is 17.4 Å². The third-order valence-corrected chi connectivity index (χ3v) is 5.14. The summed E-state index contributed by atoms with van der Waals surface area (Å²) in [5.41, 5.74) is 2.17. The summed E-state index contributed by atoms with van der Waals surface area (Å²) in [4.78, 5) is 29.3. The topological polar surface area (TPSA) is 74.2 Å². The number of hydrogen-bond donors (Lipinski definition) is 1. The Morgan fingerprint density at radius 2 is 1.82 bits per heavy atom. The Labute approximate surface area is 164 Å². The molecule has 0 aliphatic heterocycles. The molecule has 28 heavy (non-hydrogen) atoms. The second kappa shape index (κ2) is 7.07. The number of aromatic nitrogens is 3. The molecule has 1 fully saturated rings. The van der Waals surface area contributed by atoms with E-state index in [9.17, 15) is 4.79 Å². The summed E-state index contributed by atoms with van der Waals surface area (Å²) in [7, 11) is 7.83. The van der Waals surface area contributed by atoms with Crippen molar-refractivity contribution in [3.8, 4) is 0 Å². The Kier molecular flexibility index (Phi) is 4.58. The zero-order valence-corrected chi connectivity index (χ0v) is 16.6. The van der Waals surface area contributed by atoms with Gasteiger partial charge in [-0.3, -0.25) is 4.79 Å². The molecule has 0 spiro atoms. The molecule has 0 radical (unpaired) electrons. The minimum absolute atomic E-state index is 0.00615. The van der Waals surface area contributed by atoms with Gasteiger partial charge in [-0.15, -0.1) is 0 Å². The van der Waals surface area contributed by atoms with Gasteiger partial charge in [-0.2, -0.15) is 4.98 Å². The summed E-state index contributed by atoms with van der Waals surface area (Å²) in [6, 6.07) is 7.98. The van der Waals surface area contributed by atoms with E-state index in [0.717, 1.165) is 28.4 Å². The van der Waals surface area contributed by atoms with Crippen molar-refractivity contribution in [3.05, 3.63) is 42.2 Å². The Morgan fingerprint density at radius 1 is 1.00 bits per heavy atom. The van der Waals surface area contributed by atoms with E-state index >= 15 is 0 Å². The molecule has 0 amide bonds. The Balaban J connectivity index is 1.77. The first kappa shape index (κ1) is 18.2. The maximum absolute atomic E-state index is 12.1. The third-order valence-electron chi connectivity index (χ3n) is 5.14. The zero-order chi connectivity index (χ0) is 19.8. The van der Waals surface area contributed by atoms with Crippen LogP contribution in [0.3, 0.4) is 0 Å². The first-order valence-electron chi connectivity index (χ1n) is 9.34. The number of fused-ring (bicyclic) bond motifs is 1. The first-order chi connectivity index (χ1) is 13.4. The minimum Gasteiger partial charge on any atom is -0.377 e. The van der Waals surface area contributed by atoms with E-state index in [1.807, 2.05) is 51.4 Å². The number of benzene rings is 1. The molecule has 1 saturated carbocycles. The van der Waals surface area contributed by atoms with Gasteiger partial charge in [-0.25, -0.2) is 9.97 Å². The Morgan fingerprint density at radius 3 is 2.46 bits per heavy atom. The number of carbonyl (C=O) groups excluding carboxylic acids is 1. The number of anilines is 4. The zero-order valence-electron chi connectivity index (χ0n) is 16.6. The normalized spacial score (nSPS) is 16.0. The number of nitrogens with zero attached hydrogens (tertiary/aromatic N) is 5. The summed E-state index contributed by atoms with van der Waals surface area (Å²) in [5, 5.41) is 5.37. The van der Waals surface area contributed by atoms with Gasteiger partial charge < -0.3 is 15.1 Å². The van der Waals surface area contributed by atoms with Crippen LogP contribution >= 0.6 is 0 Å². The van der Waals surface area contributed by atoms with Crippen LogP contribution in [0, 0.1) is 0 Å². The molecule has 7 nitrogen and oxygen atoms in total. The van der Waals surface area contributed by atoms with Crippen LogP contribution in [-0.4, -0.2) is 48.9 Å². The highest BCUT2D eigenvalue weighted by Gasteiger charge is 2.31. The van der Waals surface area contributed by atoms with Crippen molar-refractivity contribution in [3.63, 3.8) is 0 Å². The van der Waals surface area contributed by atoms with Gasteiger partial charge in [0, 0.05) is 64.0 Å². The van der Waals surface area contributed by atoms with Crippen LogP contribution in [0.1, 0.15) is 24.3 Å². The highest BCUT2D eigenvalue weighted by Crippen LogP contribution is 2.40. The average molecular weight is 376 g/mol. The quantitative estimate of drug-likeness (QED) is 0.732. The molecule has 1 aromatic carbocycles. The van der Waals surface area contributed by atoms with E-state index in [1.165, 1.54) is 0 Å². The van der Waals surface area contributed by atoms with E-state index in [2.05, 4.69) is 37.3 Å². The number of Topliss-reactive ketones (excluding diaryl/α,β-unsaturated/α-hetero) is 1. The molecule has 4 rings (SSSR count). The highest BCUT2D eigenvalue weighted by atomic mass is 16.1. The smallest absolute Gasteiger partial charge is 0.226 e. The number of hydrogen-bond acceptors (Lipinski definition) is 7. The third kappa shape index (κ3) is 3.24. The number of ketones is 1. The lowest BCUT2D eigenvalue weighted by Crippen LogP contribution is -2.23. The van der Waals surface area contributed by atoms with Gasteiger partial charge in [-0.1, -0.05) is 6.07 Å². The molecule has 1 aliphatic rings. The van der Waals surface area contributed by atoms with E-state index < -0.39 is 0 Å². The fourth-order valence-electron chi connectivity index (χ4n) is 3.51.